The molecule has 0 N–H and O–H groups in total. The van der Waals surface area contributed by atoms with Gasteiger partial charge in [0.25, 0.3) is 6.33 Å². The standard InChI is InChI=1S/C72H58N4O.Pt/c1-70(2,3)47-36-39-73-67(40-47)76-63-29-16-15-27-55(63)56-33-32-50(42-66(56)76)77-49-23-19-22-48(41-49)74-45-75(65-31-18-17-30-64(65)74)69-51(46-20-9-8-10-21-46)34-35-58-60-44-62-61(71(4,5)37-38-72(62,6)7)43-59(60)54-26-12-11-24-52(54)53-25-13-14-28-57(53)68(58)69;/h8-36,39-40,43-44H,37-38H2,1-7H3;/q-2;/i8D,9D,10D,20D,21D;. The topological polar surface area (TPSA) is 35.9 Å². The predicted octanol–water partition coefficient (Wildman–Crippen LogP) is 17.9. The number of hydrogen-bond acceptors (Lipinski definition) is 2. The van der Waals surface area contributed by atoms with Crippen molar-refractivity contribution in [3.05, 3.63) is 235 Å². The van der Waals surface area contributed by atoms with E-state index in [-0.39, 0.29) is 55.0 Å². The first-order valence-corrected chi connectivity index (χ1v) is 26.6. The van der Waals surface area contributed by atoms with Crippen molar-refractivity contribution in [2.75, 3.05) is 0 Å². The van der Waals surface area contributed by atoms with Crippen molar-refractivity contribution in [2.45, 2.75) is 77.6 Å². The summed E-state index contributed by atoms with van der Waals surface area (Å²) in [6.45, 7) is 16.0. The van der Waals surface area contributed by atoms with E-state index in [0.29, 0.717) is 28.4 Å². The van der Waals surface area contributed by atoms with E-state index in [4.69, 9.17) is 13.8 Å². The smallest absolute Gasteiger partial charge is 0.268 e. The number of fused-ring (bicyclic) bond motifs is 13. The average molecular weight is 1200 g/mol. The van der Waals surface area contributed by atoms with Gasteiger partial charge in [-0.25, -0.2) is 4.98 Å². The normalized spacial score (nSPS) is 15.0. The molecule has 0 fully saturated rings. The van der Waals surface area contributed by atoms with Crippen LogP contribution in [0.1, 0.15) is 84.9 Å². The molecule has 0 saturated heterocycles. The molecule has 0 bridgehead atoms. The molecule has 78 heavy (non-hydrogen) atoms. The minimum Gasteiger partial charge on any atom is -0.510 e. The Morgan fingerprint density at radius 3 is 1.92 bits per heavy atom. The van der Waals surface area contributed by atoms with Gasteiger partial charge in [-0.1, -0.05) is 187 Å². The minimum absolute atomic E-state index is 0. The van der Waals surface area contributed by atoms with Crippen LogP contribution in [-0.4, -0.2) is 14.1 Å². The molecule has 0 radical (unpaired) electrons. The first-order chi connectivity index (χ1) is 39.4. The molecule has 5 nitrogen and oxygen atoms in total. The fourth-order valence-electron chi connectivity index (χ4n) is 12.2. The molecule has 0 unspecified atom stereocenters. The van der Waals surface area contributed by atoms with E-state index in [2.05, 4.69) is 175 Å². The maximum atomic E-state index is 9.55. The van der Waals surface area contributed by atoms with Crippen molar-refractivity contribution in [3.63, 3.8) is 0 Å². The molecule has 0 saturated carbocycles. The molecule has 9 aromatic carbocycles. The van der Waals surface area contributed by atoms with E-state index in [0.717, 1.165) is 96.0 Å². The van der Waals surface area contributed by atoms with Gasteiger partial charge < -0.3 is 13.9 Å². The second kappa shape index (κ2) is 18.5. The molecule has 2 aliphatic carbocycles. The predicted molar refractivity (Wildman–Crippen MR) is 315 cm³/mol. The number of aromatic nitrogens is 4. The largest absolute Gasteiger partial charge is 0.510 e. The van der Waals surface area contributed by atoms with Crippen molar-refractivity contribution >= 4 is 32.8 Å². The van der Waals surface area contributed by atoms with E-state index >= 15 is 0 Å². The molecule has 0 amide bonds. The van der Waals surface area contributed by atoms with Crippen LogP contribution < -0.4 is 9.30 Å². The Hall–Kier alpha value is -8.11. The molecule has 12 aromatic rings. The number of para-hydroxylation sites is 3. The van der Waals surface area contributed by atoms with Gasteiger partial charge in [-0.05, 0) is 137 Å². The van der Waals surface area contributed by atoms with Crippen molar-refractivity contribution < 1.29 is 37.2 Å². The first-order valence-electron chi connectivity index (χ1n) is 29.1. The Morgan fingerprint density at radius 1 is 0.577 bits per heavy atom. The minimum atomic E-state index is -0.450. The Labute approximate surface area is 478 Å². The van der Waals surface area contributed by atoms with Crippen LogP contribution in [0.15, 0.2) is 200 Å². The number of imidazole rings is 1. The summed E-state index contributed by atoms with van der Waals surface area (Å²) in [6.07, 6.45) is 7.76. The van der Waals surface area contributed by atoms with Crippen molar-refractivity contribution in [3.8, 4) is 84.3 Å². The number of rotatable bonds is 6. The van der Waals surface area contributed by atoms with E-state index in [1.807, 2.05) is 76.0 Å². The molecule has 2 aliphatic rings. The summed E-state index contributed by atoms with van der Waals surface area (Å²) in [5, 5.41) is 2.12. The van der Waals surface area contributed by atoms with Gasteiger partial charge in [0.2, 0.25) is 0 Å². The van der Waals surface area contributed by atoms with Crippen LogP contribution in [0.25, 0.3) is 106 Å². The third kappa shape index (κ3) is 8.00. The summed E-state index contributed by atoms with van der Waals surface area (Å²) in [4.78, 5) is 4.88. The van der Waals surface area contributed by atoms with Gasteiger partial charge in [0.15, 0.2) is 0 Å². The summed E-state index contributed by atoms with van der Waals surface area (Å²) < 4.78 is 58.7. The van der Waals surface area contributed by atoms with Crippen LogP contribution >= 0.6 is 0 Å². The third-order valence-electron chi connectivity index (χ3n) is 16.3. The molecule has 3 aromatic heterocycles. The van der Waals surface area contributed by atoms with Crippen LogP contribution in [0.3, 0.4) is 0 Å². The molecule has 0 atom stereocenters. The van der Waals surface area contributed by atoms with Gasteiger partial charge >= 0.3 is 0 Å². The molecule has 0 spiro atoms. The number of nitrogens with zero attached hydrogens (tertiary/aromatic N) is 4. The summed E-state index contributed by atoms with van der Waals surface area (Å²) in [7, 11) is 0. The Kier molecular flexibility index (Phi) is 10.4. The van der Waals surface area contributed by atoms with Gasteiger partial charge in [0.1, 0.15) is 5.82 Å². The van der Waals surface area contributed by atoms with E-state index in [1.54, 1.807) is 0 Å². The monoisotopic (exact) mass is 1190 g/mol. The van der Waals surface area contributed by atoms with Crippen molar-refractivity contribution in [2.24, 2.45) is 0 Å². The summed E-state index contributed by atoms with van der Waals surface area (Å²) in [5.41, 5.74) is 16.9. The summed E-state index contributed by atoms with van der Waals surface area (Å²) in [6, 6.07) is 61.9. The first kappa shape index (κ1) is 43.9. The Morgan fingerprint density at radius 2 is 1.19 bits per heavy atom. The quantitative estimate of drug-likeness (QED) is 0.123. The van der Waals surface area contributed by atoms with Gasteiger partial charge in [-0.15, -0.1) is 29.7 Å². The van der Waals surface area contributed by atoms with Crippen molar-refractivity contribution in [1.29, 1.82) is 0 Å². The Bertz CT molecular complexity index is 4650. The number of pyridine rings is 1. The van der Waals surface area contributed by atoms with E-state index in [1.165, 1.54) is 16.7 Å². The molecular formula is C72H58N4OPt-2. The van der Waals surface area contributed by atoms with E-state index in [9.17, 15) is 2.74 Å². The zero-order valence-corrected chi connectivity index (χ0v) is 46.9. The van der Waals surface area contributed by atoms with Gasteiger partial charge in [-0.2, -0.15) is 18.2 Å². The summed E-state index contributed by atoms with van der Waals surface area (Å²) in [5.74, 6) is 1.77. The van der Waals surface area contributed by atoms with Gasteiger partial charge in [0.05, 0.1) is 23.6 Å². The fraction of sp³-hybridized carbons (Fsp3) is 0.167. The van der Waals surface area contributed by atoms with Crippen LogP contribution in [-0.2, 0) is 37.3 Å². The molecule has 0 aliphatic heterocycles. The van der Waals surface area contributed by atoms with Crippen LogP contribution in [0, 0.1) is 18.5 Å². The summed E-state index contributed by atoms with van der Waals surface area (Å²) >= 11 is 0. The number of hydrogen-bond donors (Lipinski definition) is 0. The molecule has 3 heterocycles. The van der Waals surface area contributed by atoms with Crippen molar-refractivity contribution in [1.82, 2.24) is 14.1 Å². The Balaban J connectivity index is 0.00000645. The fourth-order valence-corrected chi connectivity index (χ4v) is 12.2. The maximum Gasteiger partial charge on any atom is 0.268 e. The van der Waals surface area contributed by atoms with E-state index < -0.39 is 18.1 Å². The average Bonchev–Trinajstić information content (AvgIpc) is 2.50. The molecule has 6 heteroatoms. The zero-order chi connectivity index (χ0) is 56.7. The van der Waals surface area contributed by atoms with Gasteiger partial charge in [0, 0.05) is 49.8 Å². The molecule has 14 rings (SSSR count). The second-order valence-corrected chi connectivity index (χ2v) is 23.0. The second-order valence-electron chi connectivity index (χ2n) is 23.0. The SMILES string of the molecule is [2H]c1c([2H])c([2H])c(-c2ccc3c(c2-[n+]2[c-]n(-c4[c-]c(Oc5[c-]c6c(cc5)c5ccccc5n6-c5cc(C(C)(C)C)ccn5)ccc4)c4ccccc42)-c2ccccc2-c2ccccc2-c2cc4c(cc2-3)C(C)(C)CCC4(C)C)c([2H])c1[2H].[Pt]. The number of benzene rings is 9. The van der Waals surface area contributed by atoms with Crippen LogP contribution in [0.2, 0.25) is 0 Å². The number of ether oxygens (including phenoxy) is 1. The maximum absolute atomic E-state index is 9.55. The van der Waals surface area contributed by atoms with Crippen LogP contribution in [0.4, 0.5) is 0 Å². The van der Waals surface area contributed by atoms with Gasteiger partial charge in [-0.3, -0.25) is 4.57 Å². The third-order valence-corrected chi connectivity index (χ3v) is 16.3. The zero-order valence-electron chi connectivity index (χ0n) is 49.6. The molecule has 384 valence electrons. The molecular weight excluding hydrogens is 1130 g/mol. The van der Waals surface area contributed by atoms with Crippen LogP contribution in [0.5, 0.6) is 11.5 Å².